The molecule has 0 saturated heterocycles. The molecule has 10 heteroatoms. The predicted octanol–water partition coefficient (Wildman–Crippen LogP) is 3.20. The summed E-state index contributed by atoms with van der Waals surface area (Å²) in [4.78, 5) is 24.1. The van der Waals surface area contributed by atoms with Gasteiger partial charge in [-0.2, -0.15) is 4.98 Å². The molecule has 4 rings (SSSR count). The summed E-state index contributed by atoms with van der Waals surface area (Å²) in [5.41, 5.74) is -0.180. The zero-order valence-corrected chi connectivity index (χ0v) is 18.4. The summed E-state index contributed by atoms with van der Waals surface area (Å²) in [6.07, 6.45) is 1.95. The van der Waals surface area contributed by atoms with E-state index >= 15 is 0 Å². The number of anilines is 1. The lowest BCUT2D eigenvalue weighted by atomic mass is 10.1. The topological polar surface area (TPSA) is 91.5 Å². The number of aromatic nitrogens is 3. The van der Waals surface area contributed by atoms with Gasteiger partial charge in [-0.25, -0.2) is 13.8 Å². The van der Waals surface area contributed by atoms with Gasteiger partial charge in [0.15, 0.2) is 5.65 Å². The van der Waals surface area contributed by atoms with Crippen molar-refractivity contribution < 1.29 is 19.0 Å². The van der Waals surface area contributed by atoms with Crippen molar-refractivity contribution in [2.75, 3.05) is 31.0 Å². The molecule has 0 bridgehead atoms. The molecule has 7 nitrogen and oxygen atoms in total. The largest absolute Gasteiger partial charge is 0.395 e. The van der Waals surface area contributed by atoms with Crippen molar-refractivity contribution in [1.29, 1.82) is 0 Å². The van der Waals surface area contributed by atoms with Gasteiger partial charge in [0.2, 0.25) is 5.95 Å². The first-order valence-corrected chi connectivity index (χ1v) is 11.2. The van der Waals surface area contributed by atoms with E-state index in [-0.39, 0.29) is 24.7 Å². The Morgan fingerprint density at radius 3 is 2.30 bits per heavy atom. The first-order valence-electron chi connectivity index (χ1n) is 9.97. The summed E-state index contributed by atoms with van der Waals surface area (Å²) < 4.78 is 30.2. The number of rotatable bonds is 7. The van der Waals surface area contributed by atoms with E-state index in [2.05, 4.69) is 9.97 Å². The number of thioether (sulfide) groups is 1. The van der Waals surface area contributed by atoms with Crippen LogP contribution in [0, 0.1) is 11.6 Å². The van der Waals surface area contributed by atoms with Gasteiger partial charge in [0.05, 0.1) is 12.3 Å². The molecular weight excluding hydrogens is 450 g/mol. The molecule has 170 valence electrons. The van der Waals surface area contributed by atoms with Crippen molar-refractivity contribution in [3.63, 3.8) is 0 Å². The average Bonchev–Trinajstić information content (AvgIpc) is 2.83. The van der Waals surface area contributed by atoms with Gasteiger partial charge < -0.3 is 15.1 Å². The highest BCUT2D eigenvalue weighted by atomic mass is 32.2. The molecule has 0 saturated carbocycles. The lowest BCUT2D eigenvalue weighted by Gasteiger charge is -2.21. The number of hydrogen-bond acceptors (Lipinski definition) is 7. The number of nitrogens with zero attached hydrogens (tertiary/aromatic N) is 4. The molecule has 0 fully saturated rings. The minimum atomic E-state index is -0.926. The van der Waals surface area contributed by atoms with Crippen LogP contribution in [-0.4, -0.2) is 50.9 Å². The summed E-state index contributed by atoms with van der Waals surface area (Å²) in [7, 11) is 0. The van der Waals surface area contributed by atoms with Crippen LogP contribution in [0.4, 0.5) is 14.7 Å². The van der Waals surface area contributed by atoms with Crippen molar-refractivity contribution in [1.82, 2.24) is 14.5 Å². The molecule has 33 heavy (non-hydrogen) atoms. The maximum absolute atomic E-state index is 14.7. The van der Waals surface area contributed by atoms with Gasteiger partial charge in [-0.3, -0.25) is 9.36 Å². The fraction of sp³-hybridized carbons (Fsp3) is 0.174. The number of pyridine rings is 1. The lowest BCUT2D eigenvalue weighted by molar-refractivity contribution is 0.256. The average molecular weight is 471 g/mol. The molecule has 2 heterocycles. The van der Waals surface area contributed by atoms with Crippen LogP contribution in [0.3, 0.4) is 0 Å². The number of halogens is 2. The second-order valence-electron chi connectivity index (χ2n) is 7.04. The summed E-state index contributed by atoms with van der Waals surface area (Å²) in [6, 6.07) is 13.5. The van der Waals surface area contributed by atoms with Gasteiger partial charge in [0.25, 0.3) is 5.56 Å². The number of benzene rings is 2. The van der Waals surface area contributed by atoms with E-state index in [1.807, 2.05) is 30.5 Å². The second-order valence-corrected chi connectivity index (χ2v) is 7.92. The monoisotopic (exact) mass is 470 g/mol. The molecular formula is C23H20F2N4O3S. The van der Waals surface area contributed by atoms with E-state index in [0.717, 1.165) is 21.6 Å². The predicted molar refractivity (Wildman–Crippen MR) is 124 cm³/mol. The van der Waals surface area contributed by atoms with Gasteiger partial charge in [-0.1, -0.05) is 18.2 Å². The zero-order chi connectivity index (χ0) is 23.5. The Bertz CT molecular complexity index is 1340. The SMILES string of the molecule is CSc1ccc(-c2nc(N(CO)CCO)nc3c2ccc(=O)n3-c2c(F)cccc2F)cc1. The van der Waals surface area contributed by atoms with Gasteiger partial charge >= 0.3 is 0 Å². The van der Waals surface area contributed by atoms with E-state index < -0.39 is 29.6 Å². The van der Waals surface area contributed by atoms with Crippen LogP contribution in [-0.2, 0) is 0 Å². The number of para-hydroxylation sites is 1. The van der Waals surface area contributed by atoms with Crippen LogP contribution in [0.2, 0.25) is 0 Å². The molecule has 4 aromatic rings. The molecule has 0 aliphatic rings. The van der Waals surface area contributed by atoms with Gasteiger partial charge in [0, 0.05) is 28.5 Å². The summed E-state index contributed by atoms with van der Waals surface area (Å²) in [5.74, 6) is -1.85. The molecule has 2 aromatic heterocycles. The third kappa shape index (κ3) is 4.32. The Labute approximate surface area is 192 Å². The first kappa shape index (κ1) is 22.8. The van der Waals surface area contributed by atoms with Crippen LogP contribution in [0.1, 0.15) is 0 Å². The van der Waals surface area contributed by atoms with Crippen molar-refractivity contribution in [2.45, 2.75) is 4.90 Å². The fourth-order valence-corrected chi connectivity index (χ4v) is 3.90. The maximum Gasteiger partial charge on any atom is 0.256 e. The Morgan fingerprint density at radius 1 is 1.00 bits per heavy atom. The molecule has 0 aliphatic heterocycles. The Balaban J connectivity index is 2.10. The molecule has 0 aliphatic carbocycles. The maximum atomic E-state index is 14.7. The van der Waals surface area contributed by atoms with Crippen molar-refractivity contribution in [3.05, 3.63) is 76.6 Å². The second kappa shape index (κ2) is 9.65. The van der Waals surface area contributed by atoms with Crippen molar-refractivity contribution in [2.24, 2.45) is 0 Å². The van der Waals surface area contributed by atoms with Gasteiger partial charge in [-0.15, -0.1) is 11.8 Å². The minimum Gasteiger partial charge on any atom is -0.395 e. The normalized spacial score (nSPS) is 11.2. The van der Waals surface area contributed by atoms with E-state index in [1.165, 1.54) is 23.1 Å². The smallest absolute Gasteiger partial charge is 0.256 e. The van der Waals surface area contributed by atoms with Crippen LogP contribution >= 0.6 is 11.8 Å². The number of aliphatic hydroxyl groups excluding tert-OH is 2. The number of fused-ring (bicyclic) bond motifs is 1. The third-order valence-electron chi connectivity index (χ3n) is 5.09. The quantitative estimate of drug-likeness (QED) is 0.317. The molecule has 0 amide bonds. The zero-order valence-electron chi connectivity index (χ0n) is 17.6. The Hall–Kier alpha value is -3.34. The highest BCUT2D eigenvalue weighted by Gasteiger charge is 2.21. The Kier molecular flexibility index (Phi) is 6.68. The molecule has 2 N–H and O–H groups in total. The number of aliphatic hydroxyl groups is 2. The van der Waals surface area contributed by atoms with Gasteiger partial charge in [0.1, 0.15) is 24.1 Å². The van der Waals surface area contributed by atoms with Crippen LogP contribution in [0.15, 0.2) is 64.3 Å². The van der Waals surface area contributed by atoms with E-state index in [9.17, 15) is 23.8 Å². The van der Waals surface area contributed by atoms with Crippen LogP contribution in [0.5, 0.6) is 0 Å². The molecule has 0 spiro atoms. The summed E-state index contributed by atoms with van der Waals surface area (Å²) in [5, 5.41) is 19.5. The highest BCUT2D eigenvalue weighted by Crippen LogP contribution is 2.30. The fourth-order valence-electron chi connectivity index (χ4n) is 3.49. The molecule has 0 atom stereocenters. The molecule has 0 unspecified atom stereocenters. The highest BCUT2D eigenvalue weighted by molar-refractivity contribution is 7.98. The van der Waals surface area contributed by atoms with Gasteiger partial charge in [-0.05, 0) is 36.6 Å². The standard InChI is InChI=1S/C23H20F2N4O3S/c1-33-15-7-5-14(6-8-15)20-16-9-10-19(32)29(21-17(24)3-2-4-18(21)25)22(16)27-23(26-20)28(13-31)11-12-30/h2-10,30-31H,11-13H2,1H3. The third-order valence-corrected chi connectivity index (χ3v) is 5.83. The van der Waals surface area contributed by atoms with E-state index in [4.69, 9.17) is 0 Å². The molecule has 0 radical (unpaired) electrons. The Morgan fingerprint density at radius 2 is 1.70 bits per heavy atom. The van der Waals surface area contributed by atoms with Crippen molar-refractivity contribution >= 4 is 28.7 Å². The van der Waals surface area contributed by atoms with E-state index in [0.29, 0.717) is 16.6 Å². The summed E-state index contributed by atoms with van der Waals surface area (Å²) in [6.45, 7) is -0.788. The van der Waals surface area contributed by atoms with Crippen LogP contribution in [0.25, 0.3) is 28.0 Å². The summed E-state index contributed by atoms with van der Waals surface area (Å²) >= 11 is 1.57. The van der Waals surface area contributed by atoms with E-state index in [1.54, 1.807) is 11.8 Å². The van der Waals surface area contributed by atoms with Crippen LogP contribution < -0.4 is 10.5 Å². The van der Waals surface area contributed by atoms with Crippen molar-refractivity contribution in [3.8, 4) is 16.9 Å². The number of hydrogen-bond donors (Lipinski definition) is 2. The lowest BCUT2D eigenvalue weighted by Crippen LogP contribution is -2.30. The first-order chi connectivity index (χ1) is 16.0. The minimum absolute atomic E-state index is 0.000842. The molecule has 2 aromatic carbocycles.